The van der Waals surface area contributed by atoms with E-state index < -0.39 is 5.91 Å². The summed E-state index contributed by atoms with van der Waals surface area (Å²) in [7, 11) is 0. The van der Waals surface area contributed by atoms with E-state index in [9.17, 15) is 9.59 Å². The van der Waals surface area contributed by atoms with Crippen molar-refractivity contribution < 1.29 is 14.3 Å². The molecule has 3 N–H and O–H groups in total. The van der Waals surface area contributed by atoms with Crippen molar-refractivity contribution in [3.8, 4) is 16.9 Å². The molecule has 3 aromatic rings. The highest BCUT2D eigenvalue weighted by atomic mass is 79.9. The molecule has 0 aliphatic carbocycles. The monoisotopic (exact) mass is 553 g/mol. The van der Waals surface area contributed by atoms with Gasteiger partial charge in [0.2, 0.25) is 0 Å². The lowest BCUT2D eigenvalue weighted by Gasteiger charge is -2.14. The summed E-state index contributed by atoms with van der Waals surface area (Å²) in [5.74, 6) is -0.332. The maximum Gasteiger partial charge on any atom is 0.269 e. The predicted octanol–water partition coefficient (Wildman–Crippen LogP) is 6.02. The molecule has 182 valence electrons. The maximum atomic E-state index is 12.8. The third-order valence-corrected chi connectivity index (χ3v) is 5.91. The highest BCUT2D eigenvalue weighted by Gasteiger charge is 2.15. The molecule has 0 radical (unpaired) electrons. The number of hydrazine groups is 1. The molecular weight excluding hydrogens is 526 g/mol. The van der Waals surface area contributed by atoms with E-state index in [1.54, 1.807) is 24.3 Å². The second kappa shape index (κ2) is 13.6. The van der Waals surface area contributed by atoms with Crippen molar-refractivity contribution >= 4 is 45.1 Å². The van der Waals surface area contributed by atoms with Gasteiger partial charge in [0.05, 0.1) is 12.2 Å². The van der Waals surface area contributed by atoms with Gasteiger partial charge in [0.15, 0.2) is 5.11 Å². The van der Waals surface area contributed by atoms with Gasteiger partial charge >= 0.3 is 0 Å². The molecule has 3 aromatic carbocycles. The first kappa shape index (κ1) is 26.4. The SMILES string of the molecule is CCCCCCOc1ccc(Br)cc1C(=O)NC(=S)NNC(=O)c1ccc(-c2ccccc2)cc1. The number of carbonyl (C=O) groups is 2. The smallest absolute Gasteiger partial charge is 0.269 e. The molecule has 0 atom stereocenters. The van der Waals surface area contributed by atoms with Gasteiger partial charge in [-0.05, 0) is 60.1 Å². The zero-order chi connectivity index (χ0) is 25.0. The summed E-state index contributed by atoms with van der Waals surface area (Å²) in [5.41, 5.74) is 7.97. The number of halogens is 1. The van der Waals surface area contributed by atoms with Gasteiger partial charge in [-0.3, -0.25) is 25.8 Å². The number of thiocarbonyl (C=S) groups is 1. The van der Waals surface area contributed by atoms with E-state index in [0.717, 1.165) is 41.3 Å². The van der Waals surface area contributed by atoms with Gasteiger partial charge in [-0.1, -0.05) is 84.6 Å². The van der Waals surface area contributed by atoms with Crippen LogP contribution < -0.4 is 20.9 Å². The molecule has 0 saturated carbocycles. The second-order valence-corrected chi connectivity index (χ2v) is 9.18. The zero-order valence-electron chi connectivity index (χ0n) is 19.5. The Morgan fingerprint density at radius 2 is 1.57 bits per heavy atom. The van der Waals surface area contributed by atoms with Crippen molar-refractivity contribution in [1.29, 1.82) is 0 Å². The molecule has 8 heteroatoms. The number of hydrogen-bond donors (Lipinski definition) is 3. The molecule has 0 unspecified atom stereocenters. The number of ether oxygens (including phenoxy) is 1. The van der Waals surface area contributed by atoms with Crippen molar-refractivity contribution in [2.75, 3.05) is 6.61 Å². The van der Waals surface area contributed by atoms with Crippen LogP contribution >= 0.6 is 28.1 Å². The van der Waals surface area contributed by atoms with Gasteiger partial charge in [-0.2, -0.15) is 0 Å². The topological polar surface area (TPSA) is 79.5 Å². The van der Waals surface area contributed by atoms with Gasteiger partial charge in [-0.15, -0.1) is 0 Å². The van der Waals surface area contributed by atoms with Gasteiger partial charge in [0, 0.05) is 10.0 Å². The quantitative estimate of drug-likeness (QED) is 0.171. The molecule has 0 heterocycles. The van der Waals surface area contributed by atoms with E-state index in [1.165, 1.54) is 0 Å². The minimum absolute atomic E-state index is 0.0295. The first-order chi connectivity index (χ1) is 17.0. The fourth-order valence-corrected chi connectivity index (χ4v) is 3.85. The molecule has 35 heavy (non-hydrogen) atoms. The minimum atomic E-state index is -0.436. The van der Waals surface area contributed by atoms with E-state index >= 15 is 0 Å². The fraction of sp³-hybridized carbons (Fsp3) is 0.222. The van der Waals surface area contributed by atoms with E-state index in [2.05, 4.69) is 39.0 Å². The van der Waals surface area contributed by atoms with E-state index in [1.807, 2.05) is 48.5 Å². The van der Waals surface area contributed by atoms with Crippen molar-refractivity contribution in [2.45, 2.75) is 32.6 Å². The Labute approximate surface area is 219 Å². The summed E-state index contributed by atoms with van der Waals surface area (Å²) in [5, 5.41) is 2.55. The van der Waals surface area contributed by atoms with Crippen molar-refractivity contribution in [3.05, 3.63) is 88.4 Å². The number of amides is 2. The van der Waals surface area contributed by atoms with Crippen LogP contribution in [0.25, 0.3) is 11.1 Å². The predicted molar refractivity (Wildman–Crippen MR) is 146 cm³/mol. The molecule has 0 saturated heterocycles. The molecule has 0 aromatic heterocycles. The Hall–Kier alpha value is -3.23. The van der Waals surface area contributed by atoms with Crippen LogP contribution in [0, 0.1) is 0 Å². The Balaban J connectivity index is 1.52. The van der Waals surface area contributed by atoms with Crippen molar-refractivity contribution in [1.82, 2.24) is 16.2 Å². The standard InChI is InChI=1S/C27H28BrN3O3S/c1-2-3-4-8-17-34-24-16-15-22(28)18-23(24)26(33)29-27(35)31-30-25(32)21-13-11-20(12-14-21)19-9-6-5-7-10-19/h5-7,9-16,18H,2-4,8,17H2,1H3,(H,30,32)(H2,29,31,33,35). The van der Waals surface area contributed by atoms with Crippen LogP contribution in [0.2, 0.25) is 0 Å². The highest BCUT2D eigenvalue weighted by molar-refractivity contribution is 9.10. The first-order valence-corrected chi connectivity index (χ1v) is 12.7. The molecule has 0 bridgehead atoms. The number of carbonyl (C=O) groups excluding carboxylic acids is 2. The normalized spacial score (nSPS) is 10.3. The van der Waals surface area contributed by atoms with Gasteiger partial charge in [0.25, 0.3) is 11.8 Å². The van der Waals surface area contributed by atoms with Crippen LogP contribution in [0.5, 0.6) is 5.75 Å². The summed E-state index contributed by atoms with van der Waals surface area (Å²) < 4.78 is 6.57. The van der Waals surface area contributed by atoms with Crippen molar-refractivity contribution in [2.24, 2.45) is 0 Å². The molecule has 0 spiro atoms. The molecule has 0 aliphatic heterocycles. The third-order valence-electron chi connectivity index (χ3n) is 5.21. The van der Waals surface area contributed by atoms with Crippen LogP contribution in [-0.4, -0.2) is 23.5 Å². The van der Waals surface area contributed by atoms with Gasteiger partial charge < -0.3 is 4.74 Å². The first-order valence-electron chi connectivity index (χ1n) is 11.5. The van der Waals surface area contributed by atoms with Crippen molar-refractivity contribution in [3.63, 3.8) is 0 Å². The highest BCUT2D eigenvalue weighted by Crippen LogP contribution is 2.24. The number of unbranched alkanes of at least 4 members (excludes halogenated alkanes) is 3. The van der Waals surface area contributed by atoms with E-state index in [-0.39, 0.29) is 11.0 Å². The Morgan fingerprint density at radius 1 is 0.857 bits per heavy atom. The summed E-state index contributed by atoms with van der Waals surface area (Å²) in [6, 6.07) is 22.3. The molecule has 6 nitrogen and oxygen atoms in total. The Kier molecular flexibility index (Phi) is 10.3. The minimum Gasteiger partial charge on any atom is -0.493 e. The molecule has 3 rings (SSSR count). The van der Waals surface area contributed by atoms with Gasteiger partial charge in [0.1, 0.15) is 5.75 Å². The summed E-state index contributed by atoms with van der Waals surface area (Å²) >= 11 is 8.57. The number of rotatable bonds is 9. The summed E-state index contributed by atoms with van der Waals surface area (Å²) in [6.45, 7) is 2.68. The third kappa shape index (κ3) is 8.19. The van der Waals surface area contributed by atoms with Crippen LogP contribution in [0.3, 0.4) is 0 Å². The second-order valence-electron chi connectivity index (χ2n) is 7.86. The summed E-state index contributed by atoms with van der Waals surface area (Å²) in [4.78, 5) is 25.3. The van der Waals surface area contributed by atoms with Gasteiger partial charge in [-0.25, -0.2) is 0 Å². The van der Waals surface area contributed by atoms with Crippen LogP contribution in [-0.2, 0) is 0 Å². The largest absolute Gasteiger partial charge is 0.493 e. The number of benzene rings is 3. The lowest BCUT2D eigenvalue weighted by atomic mass is 10.0. The number of hydrogen-bond acceptors (Lipinski definition) is 4. The Bertz CT molecular complexity index is 1150. The zero-order valence-corrected chi connectivity index (χ0v) is 21.9. The summed E-state index contributed by atoms with van der Waals surface area (Å²) in [6.07, 6.45) is 4.30. The van der Waals surface area contributed by atoms with Crippen LogP contribution in [0.1, 0.15) is 53.3 Å². The van der Waals surface area contributed by atoms with Crippen LogP contribution in [0.4, 0.5) is 0 Å². The molecule has 0 fully saturated rings. The fourth-order valence-electron chi connectivity index (χ4n) is 3.35. The average Bonchev–Trinajstić information content (AvgIpc) is 2.88. The molecule has 0 aliphatic rings. The Morgan fingerprint density at radius 3 is 2.29 bits per heavy atom. The van der Waals surface area contributed by atoms with E-state index in [4.69, 9.17) is 17.0 Å². The average molecular weight is 555 g/mol. The lowest BCUT2D eigenvalue weighted by molar-refractivity contribution is 0.0933. The molecule has 2 amide bonds. The number of nitrogens with one attached hydrogen (secondary N) is 3. The maximum absolute atomic E-state index is 12.8. The lowest BCUT2D eigenvalue weighted by Crippen LogP contribution is -2.48. The van der Waals surface area contributed by atoms with E-state index in [0.29, 0.717) is 23.5 Å². The van der Waals surface area contributed by atoms with Crippen LogP contribution in [0.15, 0.2) is 77.3 Å². The molecular formula is C27H28BrN3O3S.